The summed E-state index contributed by atoms with van der Waals surface area (Å²) in [7, 11) is -7.63. The van der Waals surface area contributed by atoms with Crippen molar-refractivity contribution in [3.8, 4) is 11.4 Å². The summed E-state index contributed by atoms with van der Waals surface area (Å²) in [6, 6.07) is 23.4. The molecule has 2 aromatic heterocycles. The highest BCUT2D eigenvalue weighted by molar-refractivity contribution is 14.1. The number of nitrogens with zero attached hydrogens (tertiary/aromatic N) is 6. The van der Waals surface area contributed by atoms with Crippen LogP contribution in [0.5, 0.6) is 0 Å². The third kappa shape index (κ3) is 11.2. The van der Waals surface area contributed by atoms with Crippen molar-refractivity contribution in [2.75, 3.05) is 9.44 Å². The third-order valence-electron chi connectivity index (χ3n) is 9.09. The number of halogens is 3. The molecule has 0 bridgehead atoms. The lowest BCUT2D eigenvalue weighted by Gasteiger charge is -2.19. The van der Waals surface area contributed by atoms with Crippen LogP contribution in [0.3, 0.4) is 0 Å². The summed E-state index contributed by atoms with van der Waals surface area (Å²) in [5.41, 5.74) is 5.33. The Morgan fingerprint density at radius 2 is 1.02 bits per heavy atom. The standard InChI is InChI=1S/C21H25ClN4O3S.C19H20ClIN4O2S.CH4/c1-13-20(14(2)27)23-25-26(13)19-12-16(22)8-11-18(19)24-30(28,29)17-9-6-15(7-10-17)21(3,4)5;1-12-18(21)22-24-25(12)17-11-14(20)7-10-16(17)23-28(26,27)15-8-5-13(6-9-15)19(2,3)4;/h6-12,14,24,27H,1-5H3;5-11,23H,1-4H3;1H4. The van der Waals surface area contributed by atoms with Gasteiger partial charge in [0.25, 0.3) is 20.0 Å². The zero-order valence-corrected chi connectivity index (χ0v) is 38.7. The van der Waals surface area contributed by atoms with E-state index in [1.165, 1.54) is 4.68 Å². The molecule has 0 aliphatic rings. The van der Waals surface area contributed by atoms with Gasteiger partial charge in [-0.1, -0.05) is 107 Å². The first-order valence-corrected chi connectivity index (χ1v) is 22.7. The van der Waals surface area contributed by atoms with Gasteiger partial charge < -0.3 is 5.11 Å². The van der Waals surface area contributed by atoms with E-state index in [1.54, 1.807) is 79.2 Å². The van der Waals surface area contributed by atoms with E-state index in [4.69, 9.17) is 23.2 Å². The van der Waals surface area contributed by atoms with Crippen molar-refractivity contribution in [3.05, 3.63) is 127 Å². The summed E-state index contributed by atoms with van der Waals surface area (Å²) in [4.78, 5) is 0.336. The van der Waals surface area contributed by atoms with Crippen LogP contribution in [0.15, 0.2) is 94.7 Å². The Bertz CT molecular complexity index is 2650. The van der Waals surface area contributed by atoms with Crippen molar-refractivity contribution < 1.29 is 21.9 Å². The molecule has 0 aliphatic carbocycles. The lowest BCUT2D eigenvalue weighted by atomic mass is 9.87. The van der Waals surface area contributed by atoms with E-state index in [-0.39, 0.29) is 28.0 Å². The highest BCUT2D eigenvalue weighted by Gasteiger charge is 2.23. The van der Waals surface area contributed by atoms with Crippen LogP contribution in [0.2, 0.25) is 10.0 Å². The second-order valence-electron chi connectivity index (χ2n) is 15.6. The second kappa shape index (κ2) is 18.3. The Balaban J connectivity index is 0.000000257. The summed E-state index contributed by atoms with van der Waals surface area (Å²) in [6.07, 6.45) is -0.806. The van der Waals surface area contributed by atoms with Crippen LogP contribution in [0.4, 0.5) is 11.4 Å². The van der Waals surface area contributed by atoms with Crippen LogP contribution >= 0.6 is 45.8 Å². The first-order chi connectivity index (χ1) is 26.9. The molecule has 18 heteroatoms. The van der Waals surface area contributed by atoms with Crippen molar-refractivity contribution >= 4 is 77.2 Å². The number of aromatic nitrogens is 6. The number of benzene rings is 4. The van der Waals surface area contributed by atoms with Gasteiger partial charge in [-0.05, 0) is 126 Å². The number of hydrogen-bond donors (Lipinski definition) is 3. The smallest absolute Gasteiger partial charge is 0.261 e. The lowest BCUT2D eigenvalue weighted by Crippen LogP contribution is -2.16. The van der Waals surface area contributed by atoms with E-state index < -0.39 is 26.2 Å². The number of nitrogens with one attached hydrogen (secondary N) is 2. The summed E-state index contributed by atoms with van der Waals surface area (Å²) in [5.74, 6) is 0. The van der Waals surface area contributed by atoms with Gasteiger partial charge in [-0.15, -0.1) is 10.2 Å². The topological polar surface area (TPSA) is 174 Å². The van der Waals surface area contributed by atoms with Crippen LogP contribution in [-0.2, 0) is 30.9 Å². The number of anilines is 2. The van der Waals surface area contributed by atoms with Gasteiger partial charge in [-0.25, -0.2) is 26.2 Å². The fourth-order valence-corrected chi connectivity index (χ4v) is 8.51. The Kier molecular flexibility index (Phi) is 14.7. The van der Waals surface area contributed by atoms with Crippen LogP contribution < -0.4 is 9.44 Å². The van der Waals surface area contributed by atoms with E-state index in [0.717, 1.165) is 20.5 Å². The number of sulfonamides is 2. The normalized spacial score (nSPS) is 12.6. The molecule has 3 N–H and O–H groups in total. The lowest BCUT2D eigenvalue weighted by molar-refractivity contribution is 0.193. The minimum atomic E-state index is -3.85. The molecule has 0 radical (unpaired) electrons. The van der Waals surface area contributed by atoms with Crippen LogP contribution in [-0.4, -0.2) is 51.9 Å². The highest BCUT2D eigenvalue weighted by atomic mass is 127. The molecule has 2 heterocycles. The Morgan fingerprint density at radius 3 is 1.34 bits per heavy atom. The van der Waals surface area contributed by atoms with Crippen molar-refractivity contribution in [3.63, 3.8) is 0 Å². The van der Waals surface area contributed by atoms with E-state index >= 15 is 0 Å². The molecule has 0 amide bonds. The Labute approximate surface area is 370 Å². The fraction of sp³-hybridized carbons (Fsp3) is 0.317. The van der Waals surface area contributed by atoms with Crippen molar-refractivity contribution in [1.82, 2.24) is 30.0 Å². The van der Waals surface area contributed by atoms with Gasteiger partial charge in [0, 0.05) is 10.0 Å². The zero-order valence-electron chi connectivity index (χ0n) is 33.4. The largest absolute Gasteiger partial charge is 0.387 e. The maximum Gasteiger partial charge on any atom is 0.261 e. The fourth-order valence-electron chi connectivity index (χ4n) is 5.70. The minimum Gasteiger partial charge on any atom is -0.387 e. The molecule has 6 rings (SSSR count). The van der Waals surface area contributed by atoms with E-state index in [1.807, 2.05) is 31.2 Å². The number of aliphatic hydroxyl groups is 1. The van der Waals surface area contributed by atoms with Crippen LogP contribution in [0, 0.1) is 17.5 Å². The molecule has 59 heavy (non-hydrogen) atoms. The molecule has 1 unspecified atom stereocenters. The second-order valence-corrected chi connectivity index (χ2v) is 20.9. The number of rotatable bonds is 9. The summed E-state index contributed by atoms with van der Waals surface area (Å²) >= 11 is 14.4. The third-order valence-corrected chi connectivity index (χ3v) is 13.3. The van der Waals surface area contributed by atoms with Crippen LogP contribution in [0.25, 0.3) is 11.4 Å². The summed E-state index contributed by atoms with van der Waals surface area (Å²) < 4.78 is 60.9. The van der Waals surface area contributed by atoms with E-state index in [9.17, 15) is 21.9 Å². The van der Waals surface area contributed by atoms with Crippen molar-refractivity contribution in [2.24, 2.45) is 0 Å². The molecule has 0 saturated carbocycles. The molecule has 6 aromatic rings. The van der Waals surface area contributed by atoms with E-state index in [2.05, 4.69) is 94.2 Å². The molecule has 0 fully saturated rings. The van der Waals surface area contributed by atoms with Gasteiger partial charge in [-0.3, -0.25) is 9.44 Å². The minimum absolute atomic E-state index is 0. The first-order valence-electron chi connectivity index (χ1n) is 17.9. The average Bonchev–Trinajstić information content (AvgIpc) is 3.69. The van der Waals surface area contributed by atoms with Gasteiger partial charge in [0.15, 0.2) is 0 Å². The quantitative estimate of drug-likeness (QED) is 0.119. The molecule has 316 valence electrons. The van der Waals surface area contributed by atoms with Gasteiger partial charge >= 0.3 is 0 Å². The van der Waals surface area contributed by atoms with Gasteiger partial charge in [-0.2, -0.15) is 0 Å². The molecule has 13 nitrogen and oxygen atoms in total. The molecule has 1 atom stereocenters. The average molecular weight is 996 g/mol. The molecular formula is C41H49Cl2IN8O5S2. The van der Waals surface area contributed by atoms with Gasteiger partial charge in [0.1, 0.15) is 9.39 Å². The number of aliphatic hydroxyl groups excluding tert-OH is 1. The van der Waals surface area contributed by atoms with Crippen LogP contribution in [0.1, 0.15) is 90.2 Å². The molecule has 0 aliphatic heterocycles. The van der Waals surface area contributed by atoms with Crippen molar-refractivity contribution in [2.45, 2.75) is 96.5 Å². The molecule has 4 aromatic carbocycles. The zero-order chi connectivity index (χ0) is 43.0. The predicted molar refractivity (Wildman–Crippen MR) is 244 cm³/mol. The predicted octanol–water partition coefficient (Wildman–Crippen LogP) is 9.95. The number of hydrogen-bond acceptors (Lipinski definition) is 9. The first kappa shape index (κ1) is 47.6. The summed E-state index contributed by atoms with van der Waals surface area (Å²) in [5, 5.41) is 26.9. The highest BCUT2D eigenvalue weighted by Crippen LogP contribution is 2.31. The van der Waals surface area contributed by atoms with Gasteiger partial charge in [0.2, 0.25) is 0 Å². The molecule has 0 spiro atoms. The van der Waals surface area contributed by atoms with Gasteiger partial charge in [0.05, 0.1) is 50.0 Å². The maximum absolute atomic E-state index is 13.0. The molecule has 0 saturated heterocycles. The Hall–Kier alpha value is -4.07. The summed E-state index contributed by atoms with van der Waals surface area (Å²) in [6.45, 7) is 17.6. The SMILES string of the molecule is C.Cc1c(C(C)O)nnn1-c1cc(Cl)ccc1NS(=O)(=O)c1ccc(C(C)(C)C)cc1.Cc1c(I)nnn1-c1cc(Cl)ccc1NS(=O)(=O)c1ccc(C(C)(C)C)cc1. The maximum atomic E-state index is 13.0. The molecular weight excluding hydrogens is 946 g/mol. The monoisotopic (exact) mass is 994 g/mol. The Morgan fingerprint density at radius 1 is 0.644 bits per heavy atom. The van der Waals surface area contributed by atoms with E-state index in [0.29, 0.717) is 44.2 Å². The van der Waals surface area contributed by atoms with Crippen molar-refractivity contribution in [1.29, 1.82) is 0 Å².